The van der Waals surface area contributed by atoms with Crippen LogP contribution in [0.25, 0.3) is 11.3 Å². The highest BCUT2D eigenvalue weighted by Crippen LogP contribution is 2.42. The van der Waals surface area contributed by atoms with Crippen molar-refractivity contribution in [2.45, 2.75) is 49.3 Å². The quantitative estimate of drug-likeness (QED) is 0.669. The van der Waals surface area contributed by atoms with Gasteiger partial charge in [0.25, 0.3) is 0 Å². The Balaban J connectivity index is 1.85. The van der Waals surface area contributed by atoms with Gasteiger partial charge in [-0.05, 0) is 56.0 Å². The van der Waals surface area contributed by atoms with Crippen molar-refractivity contribution < 1.29 is 12.8 Å². The average Bonchev–Trinajstić information content (AvgIpc) is 2.96. The highest BCUT2D eigenvalue weighted by Gasteiger charge is 2.26. The molecule has 0 radical (unpaired) electrons. The number of aryl methyl sites for hydroxylation is 1. The van der Waals surface area contributed by atoms with Crippen molar-refractivity contribution in [1.82, 2.24) is 0 Å². The third kappa shape index (κ3) is 3.70. The van der Waals surface area contributed by atoms with Crippen molar-refractivity contribution in [3.63, 3.8) is 0 Å². The third-order valence-electron chi connectivity index (χ3n) is 4.88. The van der Waals surface area contributed by atoms with E-state index in [0.29, 0.717) is 10.8 Å². The molecule has 5 heteroatoms. The van der Waals surface area contributed by atoms with E-state index in [9.17, 15) is 8.42 Å². The molecule has 3 nitrogen and oxygen atoms in total. The maximum absolute atomic E-state index is 11.6. The van der Waals surface area contributed by atoms with E-state index in [1.165, 1.54) is 38.4 Å². The molecule has 1 aliphatic rings. The van der Waals surface area contributed by atoms with Crippen LogP contribution in [0.1, 0.15) is 48.8 Å². The highest BCUT2D eigenvalue weighted by atomic mass is 35.5. The Morgan fingerprint density at radius 2 is 1.75 bits per heavy atom. The largest absolute Gasteiger partial charge is 0.461 e. The van der Waals surface area contributed by atoms with E-state index in [1.54, 1.807) is 24.3 Å². The number of benzene rings is 1. The SMILES string of the molecule is Cc1oc(-c2ccc(S(C)(=O)=O)cc2)cc1C(Cl)C1CCCCC1. The first-order valence-electron chi connectivity index (χ1n) is 8.41. The number of alkyl halides is 1. The molecule has 0 amide bonds. The summed E-state index contributed by atoms with van der Waals surface area (Å²) < 4.78 is 29.0. The smallest absolute Gasteiger partial charge is 0.175 e. The van der Waals surface area contributed by atoms with Gasteiger partial charge in [0.15, 0.2) is 9.84 Å². The van der Waals surface area contributed by atoms with E-state index in [2.05, 4.69) is 0 Å². The molecule has 1 atom stereocenters. The van der Waals surface area contributed by atoms with Gasteiger partial charge in [-0.3, -0.25) is 0 Å². The molecule has 2 aromatic rings. The van der Waals surface area contributed by atoms with Gasteiger partial charge >= 0.3 is 0 Å². The van der Waals surface area contributed by atoms with Crippen LogP contribution in [0.5, 0.6) is 0 Å². The van der Waals surface area contributed by atoms with Gasteiger partial charge in [-0.2, -0.15) is 0 Å². The molecule has 0 aliphatic heterocycles. The van der Waals surface area contributed by atoms with E-state index in [1.807, 2.05) is 13.0 Å². The third-order valence-corrected chi connectivity index (χ3v) is 6.60. The standard InChI is InChI=1S/C19H23ClO3S/c1-13-17(19(20)15-6-4-3-5-7-15)12-18(23-13)14-8-10-16(11-9-14)24(2,21)22/h8-12,15,19H,3-7H2,1-2H3. The minimum Gasteiger partial charge on any atom is -0.461 e. The lowest BCUT2D eigenvalue weighted by Crippen LogP contribution is -2.12. The van der Waals surface area contributed by atoms with Crippen LogP contribution >= 0.6 is 11.6 Å². The fraction of sp³-hybridized carbons (Fsp3) is 0.474. The van der Waals surface area contributed by atoms with E-state index < -0.39 is 9.84 Å². The van der Waals surface area contributed by atoms with Crippen molar-refractivity contribution in [3.8, 4) is 11.3 Å². The molecule has 24 heavy (non-hydrogen) atoms. The Bertz CT molecular complexity index is 800. The molecule has 1 fully saturated rings. The molecule has 130 valence electrons. The average molecular weight is 367 g/mol. The summed E-state index contributed by atoms with van der Waals surface area (Å²) in [4.78, 5) is 0.312. The van der Waals surface area contributed by atoms with E-state index in [4.69, 9.17) is 16.0 Å². The van der Waals surface area contributed by atoms with Crippen LogP contribution in [0.4, 0.5) is 0 Å². The highest BCUT2D eigenvalue weighted by molar-refractivity contribution is 7.90. The Kier molecular flexibility index (Phi) is 5.07. The maximum Gasteiger partial charge on any atom is 0.175 e. The van der Waals surface area contributed by atoms with Gasteiger partial charge in [0.2, 0.25) is 0 Å². The summed E-state index contributed by atoms with van der Waals surface area (Å²) in [7, 11) is -3.18. The second-order valence-corrected chi connectivity index (χ2v) is 9.20. The predicted molar refractivity (Wildman–Crippen MR) is 97.2 cm³/mol. The van der Waals surface area contributed by atoms with Gasteiger partial charge in [-0.15, -0.1) is 11.6 Å². The summed E-state index contributed by atoms with van der Waals surface area (Å²) >= 11 is 6.74. The van der Waals surface area contributed by atoms with Gasteiger partial charge in [0.05, 0.1) is 10.3 Å². The maximum atomic E-state index is 11.6. The molecule has 0 saturated heterocycles. The Labute approximate surface area is 148 Å². The molecular formula is C19H23ClO3S. The molecule has 1 saturated carbocycles. The second kappa shape index (κ2) is 6.93. The van der Waals surface area contributed by atoms with Crippen molar-refractivity contribution in [3.05, 3.63) is 41.7 Å². The number of halogens is 1. The molecule has 1 unspecified atom stereocenters. The lowest BCUT2D eigenvalue weighted by Gasteiger charge is -2.25. The van der Waals surface area contributed by atoms with Crippen molar-refractivity contribution in [2.24, 2.45) is 5.92 Å². The van der Waals surface area contributed by atoms with Crippen LogP contribution in [0.15, 0.2) is 39.6 Å². The zero-order chi connectivity index (χ0) is 17.3. The first-order valence-corrected chi connectivity index (χ1v) is 10.7. The Morgan fingerprint density at radius 3 is 2.33 bits per heavy atom. The Morgan fingerprint density at radius 1 is 1.12 bits per heavy atom. The van der Waals surface area contributed by atoms with Gasteiger partial charge in [0.1, 0.15) is 11.5 Å². The summed E-state index contributed by atoms with van der Waals surface area (Å²) in [5.41, 5.74) is 1.93. The molecule has 1 aromatic carbocycles. The summed E-state index contributed by atoms with van der Waals surface area (Å²) in [6, 6.07) is 8.80. The lowest BCUT2D eigenvalue weighted by atomic mass is 9.84. The van der Waals surface area contributed by atoms with Crippen LogP contribution in [0, 0.1) is 12.8 Å². The normalized spacial score (nSPS) is 17.8. The zero-order valence-electron chi connectivity index (χ0n) is 14.1. The summed E-state index contributed by atoms with van der Waals surface area (Å²) in [6.07, 6.45) is 7.38. The first kappa shape index (κ1) is 17.6. The van der Waals surface area contributed by atoms with Crippen LogP contribution in [-0.2, 0) is 9.84 Å². The Hall–Kier alpha value is -1.26. The summed E-state index contributed by atoms with van der Waals surface area (Å²) in [6.45, 7) is 1.95. The van der Waals surface area contributed by atoms with Crippen LogP contribution in [-0.4, -0.2) is 14.7 Å². The topological polar surface area (TPSA) is 47.3 Å². The molecule has 0 bridgehead atoms. The molecule has 1 aliphatic carbocycles. The van der Waals surface area contributed by atoms with Crippen molar-refractivity contribution >= 4 is 21.4 Å². The van der Waals surface area contributed by atoms with Crippen LogP contribution < -0.4 is 0 Å². The molecule has 0 N–H and O–H groups in total. The number of hydrogen-bond donors (Lipinski definition) is 0. The van der Waals surface area contributed by atoms with Crippen LogP contribution in [0.2, 0.25) is 0 Å². The van der Waals surface area contributed by atoms with E-state index >= 15 is 0 Å². The second-order valence-electron chi connectivity index (χ2n) is 6.72. The van der Waals surface area contributed by atoms with Gasteiger partial charge in [0, 0.05) is 17.4 Å². The number of rotatable bonds is 4. The minimum absolute atomic E-state index is 0.0157. The fourth-order valence-electron chi connectivity index (χ4n) is 3.46. The summed E-state index contributed by atoms with van der Waals surface area (Å²) in [5, 5.41) is -0.0157. The monoisotopic (exact) mass is 366 g/mol. The summed E-state index contributed by atoms with van der Waals surface area (Å²) in [5.74, 6) is 2.10. The van der Waals surface area contributed by atoms with Gasteiger partial charge in [-0.1, -0.05) is 19.3 Å². The lowest BCUT2D eigenvalue weighted by molar-refractivity contribution is 0.346. The number of furan rings is 1. The van der Waals surface area contributed by atoms with Crippen LogP contribution in [0.3, 0.4) is 0 Å². The minimum atomic E-state index is -3.18. The first-order chi connectivity index (χ1) is 11.4. The zero-order valence-corrected chi connectivity index (χ0v) is 15.7. The van der Waals surface area contributed by atoms with Crippen molar-refractivity contribution in [1.29, 1.82) is 0 Å². The van der Waals surface area contributed by atoms with Gasteiger partial charge in [-0.25, -0.2) is 8.42 Å². The number of sulfone groups is 1. The molecule has 1 heterocycles. The van der Waals surface area contributed by atoms with Gasteiger partial charge < -0.3 is 4.42 Å². The van der Waals surface area contributed by atoms with E-state index in [0.717, 1.165) is 22.6 Å². The fourth-order valence-corrected chi connectivity index (χ4v) is 4.56. The van der Waals surface area contributed by atoms with E-state index in [-0.39, 0.29) is 5.38 Å². The van der Waals surface area contributed by atoms with Crippen molar-refractivity contribution in [2.75, 3.05) is 6.26 Å². The molecular weight excluding hydrogens is 344 g/mol. The molecule has 0 spiro atoms. The molecule has 3 rings (SSSR count). The number of hydrogen-bond acceptors (Lipinski definition) is 3. The predicted octanol–water partition coefficient (Wildman–Crippen LogP) is 5.52. The molecule has 1 aromatic heterocycles.